The van der Waals surface area contributed by atoms with Gasteiger partial charge >= 0.3 is 0 Å². The number of aryl methyl sites for hydroxylation is 1. The normalized spacial score (nSPS) is 12.5. The molecule has 21 heavy (non-hydrogen) atoms. The molecule has 0 aliphatic rings. The van der Waals surface area contributed by atoms with Gasteiger partial charge in [-0.1, -0.05) is 28.1 Å². The number of rotatable bonds is 4. The van der Waals surface area contributed by atoms with Crippen LogP contribution in [0.15, 0.2) is 47.1 Å². The number of nitrogens with one attached hydrogen (secondary N) is 1. The van der Waals surface area contributed by atoms with Crippen LogP contribution in [0.1, 0.15) is 16.7 Å². The van der Waals surface area contributed by atoms with Crippen molar-refractivity contribution in [1.82, 2.24) is 4.98 Å². The first kappa shape index (κ1) is 14.5. The van der Waals surface area contributed by atoms with Crippen molar-refractivity contribution in [1.29, 1.82) is 0 Å². The Hall–Kier alpha value is -1.39. The average Bonchev–Trinajstić information content (AvgIpc) is 2.85. The van der Waals surface area contributed by atoms with Crippen LogP contribution in [0.5, 0.6) is 0 Å². The third kappa shape index (κ3) is 3.27. The molecular formula is C17H17BrN2S. The highest BCUT2D eigenvalue weighted by Gasteiger charge is 2.09. The van der Waals surface area contributed by atoms with Crippen LogP contribution in [0.25, 0.3) is 10.8 Å². The van der Waals surface area contributed by atoms with Gasteiger partial charge in [-0.05, 0) is 38.1 Å². The lowest BCUT2D eigenvalue weighted by atomic mass is 10.1. The number of nitrogens with zero attached hydrogens (tertiary/aromatic N) is 1. The molecule has 1 unspecified atom stereocenters. The molecule has 2 aromatic heterocycles. The van der Waals surface area contributed by atoms with Gasteiger partial charge in [-0.15, -0.1) is 11.3 Å². The van der Waals surface area contributed by atoms with Gasteiger partial charge in [0.15, 0.2) is 0 Å². The van der Waals surface area contributed by atoms with Gasteiger partial charge in [0.2, 0.25) is 0 Å². The van der Waals surface area contributed by atoms with E-state index in [0.717, 1.165) is 22.1 Å². The Morgan fingerprint density at radius 3 is 2.81 bits per heavy atom. The molecule has 2 heterocycles. The van der Waals surface area contributed by atoms with Crippen LogP contribution in [0, 0.1) is 6.92 Å². The molecule has 0 bridgehead atoms. The summed E-state index contributed by atoms with van der Waals surface area (Å²) in [6.45, 7) is 4.35. The number of benzene rings is 1. The second kappa shape index (κ2) is 6.16. The Labute approximate surface area is 137 Å². The summed E-state index contributed by atoms with van der Waals surface area (Å²) in [6, 6.07) is 13.0. The zero-order valence-electron chi connectivity index (χ0n) is 12.1. The molecule has 0 radical (unpaired) electrons. The van der Waals surface area contributed by atoms with E-state index in [2.05, 4.69) is 64.3 Å². The Bertz CT molecular complexity index is 766. The minimum absolute atomic E-state index is 0.347. The number of anilines is 1. The molecule has 0 aliphatic carbocycles. The van der Waals surface area contributed by atoms with E-state index in [0.29, 0.717) is 6.04 Å². The highest BCUT2D eigenvalue weighted by Crippen LogP contribution is 2.28. The molecule has 3 aromatic rings. The summed E-state index contributed by atoms with van der Waals surface area (Å²) in [5.41, 5.74) is 0. The molecule has 1 atom stereocenters. The molecule has 0 fully saturated rings. The zero-order chi connectivity index (χ0) is 14.8. The van der Waals surface area contributed by atoms with E-state index in [1.54, 1.807) is 0 Å². The molecule has 0 amide bonds. The van der Waals surface area contributed by atoms with Crippen molar-refractivity contribution in [2.24, 2.45) is 0 Å². The lowest BCUT2D eigenvalue weighted by molar-refractivity contribution is 0.796. The van der Waals surface area contributed by atoms with Crippen LogP contribution < -0.4 is 5.32 Å². The second-order valence-corrected chi connectivity index (χ2v) is 7.48. The van der Waals surface area contributed by atoms with Crippen molar-refractivity contribution in [3.8, 4) is 0 Å². The van der Waals surface area contributed by atoms with Gasteiger partial charge in [-0.3, -0.25) is 0 Å². The maximum absolute atomic E-state index is 4.51. The van der Waals surface area contributed by atoms with Gasteiger partial charge in [-0.2, -0.15) is 0 Å². The first-order valence-electron chi connectivity index (χ1n) is 6.98. The van der Waals surface area contributed by atoms with Crippen molar-refractivity contribution in [2.75, 3.05) is 5.32 Å². The summed E-state index contributed by atoms with van der Waals surface area (Å²) in [6.07, 6.45) is 2.88. The van der Waals surface area contributed by atoms with Crippen LogP contribution in [0.2, 0.25) is 0 Å². The lowest BCUT2D eigenvalue weighted by Gasteiger charge is -2.15. The van der Waals surface area contributed by atoms with Crippen LogP contribution in [-0.2, 0) is 6.42 Å². The van der Waals surface area contributed by atoms with Crippen LogP contribution in [-0.4, -0.2) is 11.0 Å². The van der Waals surface area contributed by atoms with Crippen molar-refractivity contribution in [3.05, 3.63) is 56.8 Å². The topological polar surface area (TPSA) is 24.9 Å². The second-order valence-electron chi connectivity index (χ2n) is 5.26. The summed E-state index contributed by atoms with van der Waals surface area (Å²) in [4.78, 5) is 7.28. The van der Waals surface area contributed by atoms with Crippen molar-refractivity contribution >= 4 is 43.9 Å². The fourth-order valence-electron chi connectivity index (χ4n) is 2.46. The third-order valence-corrected chi connectivity index (χ3v) is 5.15. The first-order valence-corrected chi connectivity index (χ1v) is 8.59. The maximum Gasteiger partial charge on any atom is 0.134 e. The van der Waals surface area contributed by atoms with E-state index < -0.39 is 0 Å². The highest BCUT2D eigenvalue weighted by atomic mass is 79.9. The van der Waals surface area contributed by atoms with Crippen molar-refractivity contribution in [2.45, 2.75) is 26.3 Å². The average molecular weight is 361 g/mol. The molecular weight excluding hydrogens is 344 g/mol. The van der Waals surface area contributed by atoms with Crippen molar-refractivity contribution < 1.29 is 0 Å². The SMILES string of the molecule is Cc1ccc(CC(C)Nc2nccc3c(Br)cccc23)s1. The number of pyridine rings is 1. The summed E-state index contributed by atoms with van der Waals surface area (Å²) in [7, 11) is 0. The smallest absolute Gasteiger partial charge is 0.134 e. The molecule has 0 spiro atoms. The first-order chi connectivity index (χ1) is 10.1. The molecule has 0 saturated carbocycles. The standard InChI is InChI=1S/C17H17BrN2S/c1-11(10-13-7-6-12(2)21-13)20-17-15-4-3-5-16(18)14(15)8-9-19-17/h3-9,11H,10H2,1-2H3,(H,19,20). The molecule has 1 aromatic carbocycles. The zero-order valence-corrected chi connectivity index (χ0v) is 14.5. The van der Waals surface area contributed by atoms with E-state index in [-0.39, 0.29) is 0 Å². The molecule has 0 aliphatic heterocycles. The van der Waals surface area contributed by atoms with Gasteiger partial charge in [-0.25, -0.2) is 4.98 Å². The number of aromatic nitrogens is 1. The van der Waals surface area contributed by atoms with Crippen LogP contribution in [0.3, 0.4) is 0 Å². The van der Waals surface area contributed by atoms with Crippen LogP contribution in [0.4, 0.5) is 5.82 Å². The van der Waals surface area contributed by atoms with Crippen LogP contribution >= 0.6 is 27.3 Å². The summed E-state index contributed by atoms with van der Waals surface area (Å²) in [5.74, 6) is 0.953. The number of thiophene rings is 1. The molecule has 4 heteroatoms. The Balaban J connectivity index is 1.83. The molecule has 2 nitrogen and oxygen atoms in total. The van der Waals surface area contributed by atoms with E-state index in [9.17, 15) is 0 Å². The quantitative estimate of drug-likeness (QED) is 0.672. The minimum atomic E-state index is 0.347. The van der Waals surface area contributed by atoms with Crippen molar-refractivity contribution in [3.63, 3.8) is 0 Å². The van der Waals surface area contributed by atoms with Gasteiger partial charge in [0.25, 0.3) is 0 Å². The lowest BCUT2D eigenvalue weighted by Crippen LogP contribution is -2.18. The predicted molar refractivity (Wildman–Crippen MR) is 95.3 cm³/mol. The Kier molecular flexibility index (Phi) is 4.27. The summed E-state index contributed by atoms with van der Waals surface area (Å²) in [5, 5.41) is 5.89. The van der Waals surface area contributed by atoms with Gasteiger partial charge < -0.3 is 5.32 Å². The Morgan fingerprint density at radius 1 is 1.19 bits per heavy atom. The molecule has 0 saturated heterocycles. The van der Waals surface area contributed by atoms with E-state index >= 15 is 0 Å². The molecule has 3 rings (SSSR count). The number of halogens is 1. The predicted octanol–water partition coefficient (Wildman–Crippen LogP) is 5.41. The molecule has 108 valence electrons. The number of hydrogen-bond donors (Lipinski definition) is 1. The van der Waals surface area contributed by atoms with Gasteiger partial charge in [0, 0.05) is 43.7 Å². The third-order valence-electron chi connectivity index (χ3n) is 3.44. The molecule has 1 N–H and O–H groups in total. The van der Waals surface area contributed by atoms with E-state index in [1.807, 2.05) is 29.7 Å². The van der Waals surface area contributed by atoms with E-state index in [4.69, 9.17) is 0 Å². The van der Waals surface area contributed by atoms with Gasteiger partial charge in [0.05, 0.1) is 0 Å². The van der Waals surface area contributed by atoms with E-state index in [1.165, 1.54) is 15.1 Å². The minimum Gasteiger partial charge on any atom is -0.367 e. The fraction of sp³-hybridized carbons (Fsp3) is 0.235. The summed E-state index contributed by atoms with van der Waals surface area (Å²) < 4.78 is 1.10. The fourth-order valence-corrected chi connectivity index (χ4v) is 3.98. The maximum atomic E-state index is 4.51. The summed E-state index contributed by atoms with van der Waals surface area (Å²) >= 11 is 5.46. The number of fused-ring (bicyclic) bond motifs is 1. The largest absolute Gasteiger partial charge is 0.367 e. The number of hydrogen-bond acceptors (Lipinski definition) is 3. The monoisotopic (exact) mass is 360 g/mol. The van der Waals surface area contributed by atoms with Gasteiger partial charge in [0.1, 0.15) is 5.82 Å². The Morgan fingerprint density at radius 2 is 2.05 bits per heavy atom. The highest BCUT2D eigenvalue weighted by molar-refractivity contribution is 9.10.